The summed E-state index contributed by atoms with van der Waals surface area (Å²) < 4.78 is 74.8. The summed E-state index contributed by atoms with van der Waals surface area (Å²) in [6.45, 7) is 0.0519. The van der Waals surface area contributed by atoms with E-state index in [0.29, 0.717) is 5.75 Å². The molecular formula is C32H26Cl2F4N6O5. The van der Waals surface area contributed by atoms with Gasteiger partial charge in [0.25, 0.3) is 17.7 Å². The van der Waals surface area contributed by atoms with Gasteiger partial charge in [-0.25, -0.2) is 13.8 Å². The molecule has 2 aromatic carbocycles. The highest BCUT2D eigenvalue weighted by atomic mass is 35.5. The number of carbonyl (C=O) groups excluding carboxylic acids is 2. The van der Waals surface area contributed by atoms with Gasteiger partial charge < -0.3 is 23.7 Å². The fraction of sp³-hybridized carbons (Fsp3) is 0.375. The molecule has 49 heavy (non-hydrogen) atoms. The summed E-state index contributed by atoms with van der Waals surface area (Å²) in [4.78, 5) is 37.6. The zero-order valence-corrected chi connectivity index (χ0v) is 27.1. The van der Waals surface area contributed by atoms with Crippen LogP contribution in [0.4, 0.5) is 17.6 Å². The van der Waals surface area contributed by atoms with Crippen LogP contribution in [0.25, 0.3) is 0 Å². The summed E-state index contributed by atoms with van der Waals surface area (Å²) in [6, 6.07) is 10.5. The third-order valence-corrected chi connectivity index (χ3v) is 9.79. The molecule has 2 aromatic heterocycles. The average molecular weight is 721 g/mol. The Hall–Kier alpha value is -4.50. The second kappa shape index (κ2) is 12.1. The van der Waals surface area contributed by atoms with Crippen LogP contribution in [0.5, 0.6) is 11.6 Å². The van der Waals surface area contributed by atoms with Crippen molar-refractivity contribution in [3.8, 4) is 11.6 Å². The van der Waals surface area contributed by atoms with Gasteiger partial charge in [-0.05, 0) is 29.8 Å². The molecule has 2 aliphatic heterocycles. The predicted octanol–water partition coefficient (Wildman–Crippen LogP) is 5.62. The number of halogens is 6. The lowest BCUT2D eigenvalue weighted by Crippen LogP contribution is -2.62. The van der Waals surface area contributed by atoms with Crippen LogP contribution in [-0.2, 0) is 17.3 Å². The van der Waals surface area contributed by atoms with E-state index in [1.54, 1.807) is 19.2 Å². The Kier molecular flexibility index (Phi) is 8.17. The van der Waals surface area contributed by atoms with Crippen LogP contribution in [0.15, 0.2) is 59.3 Å². The van der Waals surface area contributed by atoms with E-state index in [0.717, 1.165) is 17.7 Å². The van der Waals surface area contributed by atoms with Crippen LogP contribution in [0, 0.1) is 11.3 Å². The molecule has 11 nitrogen and oxygen atoms in total. The topological polar surface area (TPSA) is 124 Å². The number of likely N-dealkylation sites (tertiary alicyclic amines) is 2. The Balaban J connectivity index is 1.12. The molecule has 3 fully saturated rings. The average Bonchev–Trinajstić information content (AvgIpc) is 3.40. The van der Waals surface area contributed by atoms with Crippen molar-refractivity contribution in [3.05, 3.63) is 93.5 Å². The highest BCUT2D eigenvalue weighted by molar-refractivity contribution is 6.42. The number of aromatic nitrogens is 4. The third kappa shape index (κ3) is 6.14. The first-order chi connectivity index (χ1) is 23.3. The third-order valence-electron chi connectivity index (χ3n) is 9.05. The van der Waals surface area contributed by atoms with E-state index in [1.807, 2.05) is 12.1 Å². The predicted molar refractivity (Wildman–Crippen MR) is 164 cm³/mol. The second-order valence-electron chi connectivity index (χ2n) is 12.3. The standard InChI is InChI=1S/C32H26Cl2F4N6O5/c1-47-19-5-2-17(3-6-19)13-48-25-11-39-10-24(40-25)28(46)43-12-21(30(14-43)15-44(16-30)27(45)20-9-31(20,35)36)26-41-42-29(49-26)32(37,38)18-4-7-22(33)23(34)8-18/h2-8,10-11,20-21H,9,12-16H2,1H3/t20-,21?/m1/s1. The Labute approximate surface area is 286 Å². The molecule has 1 unspecified atom stereocenters. The van der Waals surface area contributed by atoms with Gasteiger partial charge in [0.1, 0.15) is 18.3 Å². The van der Waals surface area contributed by atoms with Crippen molar-refractivity contribution < 1.29 is 41.0 Å². The monoisotopic (exact) mass is 720 g/mol. The summed E-state index contributed by atoms with van der Waals surface area (Å²) in [5.41, 5.74) is -0.701. The van der Waals surface area contributed by atoms with Gasteiger partial charge in [-0.15, -0.1) is 10.2 Å². The molecule has 2 atom stereocenters. The number of hydrogen-bond donors (Lipinski definition) is 0. The Morgan fingerprint density at radius 1 is 1.02 bits per heavy atom. The fourth-order valence-corrected chi connectivity index (χ4v) is 6.53. The lowest BCUT2D eigenvalue weighted by atomic mass is 9.71. The Morgan fingerprint density at radius 2 is 1.73 bits per heavy atom. The minimum absolute atomic E-state index is 0.0234. The molecule has 3 aliphatic rings. The van der Waals surface area contributed by atoms with Crippen molar-refractivity contribution in [2.75, 3.05) is 33.3 Å². The molecule has 0 N–H and O–H groups in total. The molecule has 0 radical (unpaired) electrons. The van der Waals surface area contributed by atoms with Gasteiger partial charge in [0.2, 0.25) is 17.7 Å². The number of amides is 2. The Morgan fingerprint density at radius 3 is 2.41 bits per heavy atom. The number of alkyl halides is 4. The van der Waals surface area contributed by atoms with Crippen molar-refractivity contribution in [3.63, 3.8) is 0 Å². The molecule has 0 bridgehead atoms. The SMILES string of the molecule is COc1ccc(COc2cncc(C(=O)N3CC(c4nnc(C(F)(F)c5ccc(Cl)c(Cl)c5)o4)C4(C3)CN(C(=O)[C@H]3CC3(F)F)C4)n2)cc1. The Bertz CT molecular complexity index is 1920. The van der Waals surface area contributed by atoms with Crippen LogP contribution < -0.4 is 9.47 Å². The van der Waals surface area contributed by atoms with Crippen molar-refractivity contribution in [2.45, 2.75) is 30.8 Å². The first-order valence-electron chi connectivity index (χ1n) is 15.0. The molecule has 17 heteroatoms. The number of ether oxygens (including phenoxy) is 2. The highest BCUT2D eigenvalue weighted by Crippen LogP contribution is 2.54. The molecule has 2 saturated heterocycles. The quantitative estimate of drug-likeness (QED) is 0.203. The van der Waals surface area contributed by atoms with E-state index in [-0.39, 0.29) is 60.3 Å². The van der Waals surface area contributed by atoms with E-state index in [1.165, 1.54) is 28.3 Å². The summed E-state index contributed by atoms with van der Waals surface area (Å²) in [7, 11) is 1.56. The van der Waals surface area contributed by atoms with Crippen LogP contribution in [0.2, 0.25) is 10.0 Å². The van der Waals surface area contributed by atoms with E-state index < -0.39 is 58.8 Å². The summed E-state index contributed by atoms with van der Waals surface area (Å²) in [5, 5.41) is 7.52. The van der Waals surface area contributed by atoms with Crippen molar-refractivity contribution >= 4 is 35.0 Å². The molecule has 4 aromatic rings. The number of hydrogen-bond acceptors (Lipinski definition) is 9. The molecule has 1 saturated carbocycles. The van der Waals surface area contributed by atoms with E-state index >= 15 is 8.78 Å². The maximum absolute atomic E-state index is 15.5. The molecule has 1 spiro atoms. The minimum Gasteiger partial charge on any atom is -0.497 e. The maximum atomic E-state index is 15.5. The number of carbonyl (C=O) groups is 2. The van der Waals surface area contributed by atoms with Crippen LogP contribution >= 0.6 is 23.2 Å². The zero-order chi connectivity index (χ0) is 34.7. The first-order valence-corrected chi connectivity index (χ1v) is 15.8. The molecule has 2 amide bonds. The lowest BCUT2D eigenvalue weighted by Gasteiger charge is -2.50. The second-order valence-corrected chi connectivity index (χ2v) is 13.2. The van der Waals surface area contributed by atoms with Gasteiger partial charge in [0.15, 0.2) is 5.69 Å². The van der Waals surface area contributed by atoms with Crippen LogP contribution in [0.3, 0.4) is 0 Å². The zero-order valence-electron chi connectivity index (χ0n) is 25.6. The minimum atomic E-state index is -3.75. The molecule has 256 valence electrons. The van der Waals surface area contributed by atoms with Crippen LogP contribution in [0.1, 0.15) is 45.7 Å². The van der Waals surface area contributed by atoms with E-state index in [9.17, 15) is 18.4 Å². The van der Waals surface area contributed by atoms with Gasteiger partial charge in [0, 0.05) is 43.6 Å². The van der Waals surface area contributed by atoms with Gasteiger partial charge >= 0.3 is 5.92 Å². The van der Waals surface area contributed by atoms with Gasteiger partial charge in [-0.3, -0.25) is 14.6 Å². The maximum Gasteiger partial charge on any atom is 0.349 e. The number of rotatable bonds is 9. The largest absolute Gasteiger partial charge is 0.497 e. The van der Waals surface area contributed by atoms with E-state index in [4.69, 9.17) is 37.1 Å². The smallest absolute Gasteiger partial charge is 0.349 e. The number of methoxy groups -OCH3 is 1. The summed E-state index contributed by atoms with van der Waals surface area (Å²) in [6.07, 6.45) is 2.08. The first kappa shape index (κ1) is 33.0. The number of nitrogens with zero attached hydrogens (tertiary/aromatic N) is 6. The molecule has 4 heterocycles. The normalized spacial score (nSPS) is 20.6. The van der Waals surface area contributed by atoms with Crippen molar-refractivity contribution in [1.82, 2.24) is 30.0 Å². The lowest BCUT2D eigenvalue weighted by molar-refractivity contribution is -0.147. The highest BCUT2D eigenvalue weighted by Gasteiger charge is 2.66. The molecular weight excluding hydrogens is 695 g/mol. The van der Waals surface area contributed by atoms with Gasteiger partial charge in [-0.2, -0.15) is 8.78 Å². The fourth-order valence-electron chi connectivity index (χ4n) is 6.23. The van der Waals surface area contributed by atoms with Crippen molar-refractivity contribution in [1.29, 1.82) is 0 Å². The van der Waals surface area contributed by atoms with Gasteiger partial charge in [0.05, 0.1) is 35.5 Å². The van der Waals surface area contributed by atoms with Gasteiger partial charge in [-0.1, -0.05) is 41.4 Å². The molecule has 1 aliphatic carbocycles. The van der Waals surface area contributed by atoms with Crippen LogP contribution in [-0.4, -0.2) is 81.0 Å². The summed E-state index contributed by atoms with van der Waals surface area (Å²) >= 11 is 11.8. The van der Waals surface area contributed by atoms with Crippen molar-refractivity contribution in [2.24, 2.45) is 11.3 Å². The van der Waals surface area contributed by atoms with E-state index in [2.05, 4.69) is 20.2 Å². The molecule has 7 rings (SSSR count). The summed E-state index contributed by atoms with van der Waals surface area (Å²) in [5.74, 6) is -10.7. The number of benzene rings is 2.